The Morgan fingerprint density at radius 3 is 2.18 bits per heavy atom. The molecule has 0 aromatic rings. The number of carbonyl (C=O) groups is 1. The highest BCUT2D eigenvalue weighted by atomic mass is 19.4. The number of carbonyl (C=O) groups excluding carboxylic acids is 1. The summed E-state index contributed by atoms with van der Waals surface area (Å²) in [7, 11) is 0. The van der Waals surface area contributed by atoms with E-state index in [1.165, 1.54) is 6.08 Å². The fraction of sp³-hybridized carbons (Fsp3) is 0.727. The monoisotopic (exact) mass is 256 g/mol. The van der Waals surface area contributed by atoms with E-state index in [0.717, 1.165) is 12.8 Å². The van der Waals surface area contributed by atoms with E-state index in [4.69, 9.17) is 0 Å². The Bertz CT molecular complexity index is 316. The van der Waals surface area contributed by atoms with Gasteiger partial charge in [0, 0.05) is 0 Å². The minimum Gasteiger partial charge on any atom is -0.287 e. The van der Waals surface area contributed by atoms with Gasteiger partial charge in [-0.1, -0.05) is 18.9 Å². The summed E-state index contributed by atoms with van der Waals surface area (Å²) in [4.78, 5) is 11.2. The molecule has 6 heteroatoms. The normalized spacial score (nSPS) is 19.2. The summed E-state index contributed by atoms with van der Waals surface area (Å²) < 4.78 is 61.7. The lowest BCUT2D eigenvalue weighted by molar-refractivity contribution is -0.267. The van der Waals surface area contributed by atoms with Crippen molar-refractivity contribution in [3.05, 3.63) is 11.6 Å². The Morgan fingerprint density at radius 2 is 1.59 bits per heavy atom. The highest BCUT2D eigenvalue weighted by molar-refractivity contribution is 6.01. The van der Waals surface area contributed by atoms with Gasteiger partial charge in [0.05, 0.1) is 0 Å². The molecule has 0 unspecified atom stereocenters. The van der Waals surface area contributed by atoms with Gasteiger partial charge in [-0.15, -0.1) is 0 Å². The van der Waals surface area contributed by atoms with Crippen molar-refractivity contribution in [1.82, 2.24) is 0 Å². The molecule has 1 rings (SSSR count). The number of alkyl halides is 5. The van der Waals surface area contributed by atoms with Crippen LogP contribution in [0.3, 0.4) is 0 Å². The topological polar surface area (TPSA) is 17.1 Å². The first kappa shape index (κ1) is 14.1. The largest absolute Gasteiger partial charge is 0.461 e. The quantitative estimate of drug-likeness (QED) is 0.681. The highest BCUT2D eigenvalue weighted by Crippen LogP contribution is 2.38. The van der Waals surface area contributed by atoms with Crippen LogP contribution in [0.2, 0.25) is 0 Å². The molecule has 0 amide bonds. The number of Topliss-reactive ketones (excluding diaryl/α,β-unsaturated/α-hetero) is 1. The van der Waals surface area contributed by atoms with E-state index in [1.54, 1.807) is 0 Å². The second-order valence-electron chi connectivity index (χ2n) is 4.08. The Balaban J connectivity index is 2.87. The smallest absolute Gasteiger partial charge is 0.287 e. The van der Waals surface area contributed by atoms with E-state index in [-0.39, 0.29) is 12.0 Å². The lowest BCUT2D eigenvalue weighted by Crippen LogP contribution is -2.44. The zero-order chi connectivity index (χ0) is 13.1. The first-order valence-corrected chi connectivity index (χ1v) is 5.45. The summed E-state index contributed by atoms with van der Waals surface area (Å²) >= 11 is 0. The van der Waals surface area contributed by atoms with Crippen molar-refractivity contribution in [3.8, 4) is 0 Å². The first-order chi connectivity index (χ1) is 7.77. The molecule has 1 nitrogen and oxygen atoms in total. The number of halogens is 5. The van der Waals surface area contributed by atoms with Crippen molar-refractivity contribution in [2.24, 2.45) is 0 Å². The molecular formula is C11H13F5O. The molecule has 1 aliphatic carbocycles. The molecule has 0 aromatic carbocycles. The van der Waals surface area contributed by atoms with Crippen LogP contribution in [-0.4, -0.2) is 17.9 Å². The molecule has 0 atom stereocenters. The zero-order valence-electron chi connectivity index (χ0n) is 9.12. The summed E-state index contributed by atoms with van der Waals surface area (Å²) in [6.45, 7) is 0. The van der Waals surface area contributed by atoms with E-state index in [2.05, 4.69) is 0 Å². The summed E-state index contributed by atoms with van der Waals surface area (Å²) in [6, 6.07) is 0. The van der Waals surface area contributed by atoms with Crippen LogP contribution in [0.1, 0.15) is 38.5 Å². The minimum atomic E-state index is -5.81. The highest BCUT2D eigenvalue weighted by Gasteiger charge is 2.63. The van der Waals surface area contributed by atoms with Gasteiger partial charge in [0.25, 0.3) is 0 Å². The molecule has 0 bridgehead atoms. The Labute approximate surface area is 95.7 Å². The first-order valence-electron chi connectivity index (χ1n) is 5.45. The molecule has 0 saturated carbocycles. The fourth-order valence-corrected chi connectivity index (χ4v) is 1.73. The Morgan fingerprint density at radius 1 is 1.00 bits per heavy atom. The number of hydrogen-bond acceptors (Lipinski definition) is 1. The van der Waals surface area contributed by atoms with Crippen LogP contribution < -0.4 is 0 Å². The fourth-order valence-electron chi connectivity index (χ4n) is 1.73. The van der Waals surface area contributed by atoms with E-state index in [9.17, 15) is 26.7 Å². The summed E-state index contributed by atoms with van der Waals surface area (Å²) in [5.41, 5.74) is -0.382. The maximum Gasteiger partial charge on any atom is 0.461 e. The summed E-state index contributed by atoms with van der Waals surface area (Å²) in [5, 5.41) is 0. The lowest BCUT2D eigenvalue weighted by atomic mass is 9.94. The van der Waals surface area contributed by atoms with Crippen molar-refractivity contribution in [2.75, 3.05) is 0 Å². The van der Waals surface area contributed by atoms with E-state index < -0.39 is 17.9 Å². The van der Waals surface area contributed by atoms with E-state index in [1.807, 2.05) is 0 Å². The predicted molar refractivity (Wildman–Crippen MR) is 51.8 cm³/mol. The van der Waals surface area contributed by atoms with Crippen molar-refractivity contribution in [3.63, 3.8) is 0 Å². The predicted octanol–water partition coefficient (Wildman–Crippen LogP) is 4.03. The molecule has 0 aromatic heterocycles. The van der Waals surface area contributed by atoms with Crippen LogP contribution in [0.5, 0.6) is 0 Å². The molecule has 0 N–H and O–H groups in total. The van der Waals surface area contributed by atoms with Gasteiger partial charge < -0.3 is 0 Å². The maximum atomic E-state index is 12.8. The molecule has 98 valence electrons. The lowest BCUT2D eigenvalue weighted by Gasteiger charge is -2.20. The van der Waals surface area contributed by atoms with Crippen LogP contribution in [0.25, 0.3) is 0 Å². The molecule has 0 spiro atoms. The molecule has 17 heavy (non-hydrogen) atoms. The van der Waals surface area contributed by atoms with Gasteiger partial charge in [-0.3, -0.25) is 4.79 Å². The van der Waals surface area contributed by atoms with Gasteiger partial charge in [-0.05, 0) is 31.3 Å². The van der Waals surface area contributed by atoms with Crippen LogP contribution >= 0.6 is 0 Å². The molecule has 1 aliphatic rings. The molecule has 0 aliphatic heterocycles. The van der Waals surface area contributed by atoms with Gasteiger partial charge >= 0.3 is 12.1 Å². The average molecular weight is 256 g/mol. The summed E-state index contributed by atoms with van der Waals surface area (Å²) in [6.07, 6.45) is -1.34. The molecule has 0 heterocycles. The van der Waals surface area contributed by atoms with Crippen LogP contribution in [-0.2, 0) is 4.79 Å². The minimum absolute atomic E-state index is 0.00447. The van der Waals surface area contributed by atoms with Crippen molar-refractivity contribution < 1.29 is 26.7 Å². The third-order valence-electron chi connectivity index (χ3n) is 2.72. The van der Waals surface area contributed by atoms with Crippen molar-refractivity contribution in [2.45, 2.75) is 50.6 Å². The van der Waals surface area contributed by atoms with E-state index >= 15 is 0 Å². The molecule has 0 radical (unpaired) electrons. The van der Waals surface area contributed by atoms with Gasteiger partial charge in [0.2, 0.25) is 5.78 Å². The third-order valence-corrected chi connectivity index (χ3v) is 2.72. The molecule has 0 saturated heterocycles. The number of allylic oxidation sites excluding steroid dienone is 2. The second kappa shape index (κ2) is 5.14. The van der Waals surface area contributed by atoms with Gasteiger partial charge in [-0.25, -0.2) is 0 Å². The van der Waals surface area contributed by atoms with Gasteiger partial charge in [0.1, 0.15) is 0 Å². The standard InChI is InChI=1S/C11H13F5O/c12-10(13,11(14,15)16)9(17)8-6-4-2-1-3-5-7-8/h6H,1-5,7H2. The Hall–Kier alpha value is -0.940. The van der Waals surface area contributed by atoms with Crippen molar-refractivity contribution in [1.29, 1.82) is 0 Å². The van der Waals surface area contributed by atoms with Crippen LogP contribution in [0.4, 0.5) is 22.0 Å². The van der Waals surface area contributed by atoms with Crippen molar-refractivity contribution >= 4 is 5.78 Å². The number of rotatable bonds is 2. The second-order valence-corrected chi connectivity index (χ2v) is 4.08. The van der Waals surface area contributed by atoms with Gasteiger partial charge in [-0.2, -0.15) is 22.0 Å². The SMILES string of the molecule is O=C(C1=CCCCCCC1)C(F)(F)C(F)(F)F. The number of hydrogen-bond donors (Lipinski definition) is 0. The third kappa shape index (κ3) is 3.26. The van der Waals surface area contributed by atoms with E-state index in [0.29, 0.717) is 19.3 Å². The maximum absolute atomic E-state index is 12.8. The van der Waals surface area contributed by atoms with Crippen LogP contribution in [0.15, 0.2) is 11.6 Å². The van der Waals surface area contributed by atoms with Gasteiger partial charge in [0.15, 0.2) is 0 Å². The molecule has 0 fully saturated rings. The average Bonchev–Trinajstić information content (AvgIpc) is 2.14. The Kier molecular flexibility index (Phi) is 4.27. The molecular weight excluding hydrogens is 243 g/mol. The number of ketones is 1. The van der Waals surface area contributed by atoms with Crippen LogP contribution in [0, 0.1) is 0 Å². The summed E-state index contributed by atoms with van der Waals surface area (Å²) in [5.74, 6) is -7.36. The zero-order valence-corrected chi connectivity index (χ0v) is 9.12.